The molecule has 33 heavy (non-hydrogen) atoms. The molecule has 0 spiro atoms. The van der Waals surface area contributed by atoms with Gasteiger partial charge in [0.05, 0.1) is 19.3 Å². The van der Waals surface area contributed by atoms with E-state index in [4.69, 9.17) is 14.2 Å². The number of aryl methyl sites for hydroxylation is 1. The number of rotatable bonds is 5. The van der Waals surface area contributed by atoms with Gasteiger partial charge in [-0.1, -0.05) is 18.2 Å². The Kier molecular flexibility index (Phi) is 6.32. The summed E-state index contributed by atoms with van der Waals surface area (Å²) in [6.45, 7) is 5.97. The summed E-state index contributed by atoms with van der Waals surface area (Å²) in [6, 6.07) is 12.3. The lowest BCUT2D eigenvalue weighted by molar-refractivity contribution is -0.132. The van der Waals surface area contributed by atoms with Crippen molar-refractivity contribution in [1.82, 2.24) is 10.6 Å². The van der Waals surface area contributed by atoms with Crippen molar-refractivity contribution >= 4 is 5.91 Å². The molecule has 0 saturated carbocycles. The van der Waals surface area contributed by atoms with Crippen molar-refractivity contribution in [2.45, 2.75) is 44.4 Å². The molecule has 0 aromatic heterocycles. The number of hydrogen-bond donors (Lipinski definition) is 2. The lowest BCUT2D eigenvalue weighted by Gasteiger charge is -2.29. The molecule has 7 heteroatoms. The number of nitriles is 1. The second-order valence-electron chi connectivity index (χ2n) is 9.03. The van der Waals surface area contributed by atoms with E-state index in [0.29, 0.717) is 32.1 Å². The molecule has 0 aliphatic carbocycles. The van der Waals surface area contributed by atoms with Gasteiger partial charge in [0.25, 0.3) is 5.91 Å². The zero-order valence-electron chi connectivity index (χ0n) is 18.9. The Morgan fingerprint density at radius 3 is 2.94 bits per heavy atom. The highest BCUT2D eigenvalue weighted by Gasteiger charge is 2.26. The summed E-state index contributed by atoms with van der Waals surface area (Å²) >= 11 is 0. The van der Waals surface area contributed by atoms with E-state index < -0.39 is 12.1 Å². The highest BCUT2D eigenvalue weighted by Crippen LogP contribution is 2.41. The normalized spacial score (nSPS) is 20.8. The van der Waals surface area contributed by atoms with E-state index in [-0.39, 0.29) is 5.91 Å². The van der Waals surface area contributed by atoms with Gasteiger partial charge in [-0.2, -0.15) is 5.26 Å². The monoisotopic (exact) mass is 447 g/mol. The Labute approximate surface area is 194 Å². The van der Waals surface area contributed by atoms with E-state index in [0.717, 1.165) is 48.6 Å². The highest BCUT2D eigenvalue weighted by molar-refractivity contribution is 5.82. The number of hydrogen-bond acceptors (Lipinski definition) is 6. The minimum Gasteiger partial charge on any atom is -0.488 e. The number of nitrogens with zero attached hydrogens (tertiary/aromatic N) is 1. The fourth-order valence-corrected chi connectivity index (χ4v) is 4.58. The van der Waals surface area contributed by atoms with E-state index in [9.17, 15) is 10.1 Å². The Bertz CT molecular complexity index is 1080. The standard InChI is InChI=1S/C26H29N3O4/c1-16-7-23-22-9-17(20-13-31-14-20)3-4-18(22)15-33-24(23)10-19(16)8-21(11-27)29-26(30)25-12-28-5-2-6-32-25/h3-4,7,9-10,20-21,25,28H,2,5-6,8,12-15H2,1H3,(H,29,30)/t21?,25-/m0/s1. The van der Waals surface area contributed by atoms with Crippen molar-refractivity contribution in [2.24, 2.45) is 0 Å². The summed E-state index contributed by atoms with van der Waals surface area (Å²) in [4.78, 5) is 12.6. The zero-order chi connectivity index (χ0) is 22.8. The summed E-state index contributed by atoms with van der Waals surface area (Å²) in [7, 11) is 0. The van der Waals surface area contributed by atoms with Crippen LogP contribution < -0.4 is 15.4 Å². The molecule has 2 aromatic carbocycles. The van der Waals surface area contributed by atoms with E-state index in [1.54, 1.807) is 0 Å². The van der Waals surface area contributed by atoms with Crippen LogP contribution in [0.3, 0.4) is 0 Å². The van der Waals surface area contributed by atoms with Crippen LogP contribution in [0, 0.1) is 18.3 Å². The van der Waals surface area contributed by atoms with E-state index in [1.807, 2.05) is 13.0 Å². The van der Waals surface area contributed by atoms with Crippen LogP contribution in [0.1, 0.15) is 34.6 Å². The first kappa shape index (κ1) is 21.9. The molecule has 0 radical (unpaired) electrons. The predicted molar refractivity (Wildman–Crippen MR) is 123 cm³/mol. The minimum atomic E-state index is -0.637. The van der Waals surface area contributed by atoms with Crippen LogP contribution in [0.4, 0.5) is 0 Å². The van der Waals surface area contributed by atoms with Crippen LogP contribution in [0.15, 0.2) is 30.3 Å². The van der Waals surface area contributed by atoms with Crippen LogP contribution in [0.5, 0.6) is 5.75 Å². The van der Waals surface area contributed by atoms with Gasteiger partial charge in [0.2, 0.25) is 0 Å². The Hall–Kier alpha value is -2.92. The van der Waals surface area contributed by atoms with Crippen LogP contribution in [0.25, 0.3) is 11.1 Å². The highest BCUT2D eigenvalue weighted by atomic mass is 16.5. The van der Waals surface area contributed by atoms with Gasteiger partial charge in [-0.25, -0.2) is 0 Å². The first-order valence-corrected chi connectivity index (χ1v) is 11.6. The largest absolute Gasteiger partial charge is 0.488 e. The van der Waals surface area contributed by atoms with Crippen molar-refractivity contribution in [3.05, 3.63) is 52.6 Å². The number of fused-ring (bicyclic) bond motifs is 3. The number of amides is 1. The molecular formula is C26H29N3O4. The van der Waals surface area contributed by atoms with E-state index >= 15 is 0 Å². The average molecular weight is 448 g/mol. The van der Waals surface area contributed by atoms with Crippen molar-refractivity contribution in [3.8, 4) is 22.9 Å². The van der Waals surface area contributed by atoms with Gasteiger partial charge < -0.3 is 24.8 Å². The van der Waals surface area contributed by atoms with Gasteiger partial charge in [-0.3, -0.25) is 4.79 Å². The van der Waals surface area contributed by atoms with Gasteiger partial charge in [-0.15, -0.1) is 0 Å². The lowest BCUT2D eigenvalue weighted by Crippen LogP contribution is -2.46. The molecule has 1 unspecified atom stereocenters. The SMILES string of the molecule is Cc1cc2c(cc1CC(C#N)NC(=O)[C@@H]1CNCCCO1)OCc1ccc(C3COC3)cc1-2. The maximum Gasteiger partial charge on any atom is 0.251 e. The van der Waals surface area contributed by atoms with Crippen LogP contribution in [-0.2, 0) is 27.3 Å². The fraction of sp³-hybridized carbons (Fsp3) is 0.462. The molecule has 0 bridgehead atoms. The van der Waals surface area contributed by atoms with Crippen LogP contribution in [0.2, 0.25) is 0 Å². The Morgan fingerprint density at radius 1 is 1.27 bits per heavy atom. The first-order valence-electron chi connectivity index (χ1n) is 11.6. The Balaban J connectivity index is 1.34. The van der Waals surface area contributed by atoms with Gasteiger partial charge in [0.1, 0.15) is 24.5 Å². The summed E-state index contributed by atoms with van der Waals surface area (Å²) in [5.41, 5.74) is 6.83. The molecule has 7 nitrogen and oxygen atoms in total. The first-order chi connectivity index (χ1) is 16.1. The molecule has 3 aliphatic heterocycles. The molecule has 2 aromatic rings. The predicted octanol–water partition coefficient (Wildman–Crippen LogP) is 2.60. The third-order valence-electron chi connectivity index (χ3n) is 6.69. The molecule has 3 heterocycles. The third-order valence-corrected chi connectivity index (χ3v) is 6.69. The van der Waals surface area contributed by atoms with Gasteiger partial charge >= 0.3 is 0 Å². The molecule has 2 N–H and O–H groups in total. The van der Waals surface area contributed by atoms with Crippen molar-refractivity contribution < 1.29 is 19.0 Å². The minimum absolute atomic E-state index is 0.246. The van der Waals surface area contributed by atoms with Crippen LogP contribution in [-0.4, -0.2) is 51.0 Å². The van der Waals surface area contributed by atoms with Crippen molar-refractivity contribution in [3.63, 3.8) is 0 Å². The molecule has 3 aliphatic rings. The second kappa shape index (κ2) is 9.52. The number of carbonyl (C=O) groups excluding carboxylic acids is 1. The quantitative estimate of drug-likeness (QED) is 0.732. The zero-order valence-corrected chi connectivity index (χ0v) is 18.9. The number of benzene rings is 2. The third kappa shape index (κ3) is 4.60. The van der Waals surface area contributed by atoms with Gasteiger partial charge in [-0.05, 0) is 59.8 Å². The van der Waals surface area contributed by atoms with Gasteiger partial charge in [0, 0.05) is 31.1 Å². The van der Waals surface area contributed by atoms with E-state index in [2.05, 4.69) is 41.0 Å². The molecule has 2 fully saturated rings. The summed E-state index contributed by atoms with van der Waals surface area (Å²) < 4.78 is 17.1. The number of ether oxygens (including phenoxy) is 3. The molecule has 172 valence electrons. The number of carbonyl (C=O) groups is 1. The number of nitrogens with one attached hydrogen (secondary N) is 2. The average Bonchev–Trinajstić information content (AvgIpc) is 3.07. The van der Waals surface area contributed by atoms with Crippen LogP contribution >= 0.6 is 0 Å². The molecule has 5 rings (SSSR count). The lowest BCUT2D eigenvalue weighted by atomic mass is 9.88. The van der Waals surface area contributed by atoms with E-state index in [1.165, 1.54) is 16.7 Å². The van der Waals surface area contributed by atoms with Crippen molar-refractivity contribution in [1.29, 1.82) is 5.26 Å². The second-order valence-corrected chi connectivity index (χ2v) is 9.03. The topological polar surface area (TPSA) is 92.6 Å². The molecule has 2 atom stereocenters. The molecule has 2 saturated heterocycles. The van der Waals surface area contributed by atoms with Gasteiger partial charge in [0.15, 0.2) is 0 Å². The smallest absolute Gasteiger partial charge is 0.251 e. The summed E-state index contributed by atoms with van der Waals surface area (Å²) in [5, 5.41) is 15.7. The summed E-state index contributed by atoms with van der Waals surface area (Å²) in [5.74, 6) is 1.04. The maximum atomic E-state index is 12.6. The van der Waals surface area contributed by atoms with Crippen molar-refractivity contribution in [2.75, 3.05) is 32.9 Å². The molecule has 1 amide bonds. The maximum absolute atomic E-state index is 12.6. The fourth-order valence-electron chi connectivity index (χ4n) is 4.58. The Morgan fingerprint density at radius 2 is 2.15 bits per heavy atom. The summed E-state index contributed by atoms with van der Waals surface area (Å²) in [6.07, 6.45) is 0.721. The molecular weight excluding hydrogens is 418 g/mol.